The van der Waals surface area contributed by atoms with Gasteiger partial charge in [-0.15, -0.1) is 4.91 Å². The van der Waals surface area contributed by atoms with Gasteiger partial charge >= 0.3 is 0 Å². The Bertz CT molecular complexity index is 921. The number of nitroso groups, excluding NO2 is 1. The lowest BCUT2D eigenvalue weighted by molar-refractivity contribution is 0.102. The number of hydrogen-bond acceptors (Lipinski definition) is 4. The Morgan fingerprint density at radius 2 is 1.90 bits per heavy atom. The number of benzene rings is 1. The zero-order chi connectivity index (χ0) is 22.6. The van der Waals surface area contributed by atoms with Gasteiger partial charge in [-0.3, -0.25) is 9.89 Å². The highest BCUT2D eigenvalue weighted by molar-refractivity contribution is 5.91. The Hall–Kier alpha value is -2.67. The molecule has 30 heavy (non-hydrogen) atoms. The summed E-state index contributed by atoms with van der Waals surface area (Å²) in [7, 11) is 1.65. The molecule has 1 aromatic carbocycles. The lowest BCUT2D eigenvalue weighted by atomic mass is 9.94. The first-order valence-electron chi connectivity index (χ1n) is 9.95. The van der Waals surface area contributed by atoms with Gasteiger partial charge in [0.1, 0.15) is 17.3 Å². The number of nitrogens with zero attached hydrogens (tertiary/aromatic N) is 3. The van der Waals surface area contributed by atoms with Crippen molar-refractivity contribution < 1.29 is 8.78 Å². The van der Waals surface area contributed by atoms with Crippen molar-refractivity contribution in [3.63, 3.8) is 0 Å². The topological polar surface area (TPSA) is 57.1 Å². The SMILES string of the molecule is C=C(C)/C(NC(=NC)C1CN(C(C)C)C1)=C(/F)C(=C(C)C)c1c(F)cccc1N=O. The normalized spacial score (nSPS) is 16.1. The van der Waals surface area contributed by atoms with Crippen LogP contribution in [0.2, 0.25) is 0 Å². The van der Waals surface area contributed by atoms with Gasteiger partial charge in [0, 0.05) is 43.2 Å². The highest BCUT2D eigenvalue weighted by Crippen LogP contribution is 2.38. The van der Waals surface area contributed by atoms with Crippen LogP contribution in [0.3, 0.4) is 0 Å². The molecule has 2 rings (SSSR count). The summed E-state index contributed by atoms with van der Waals surface area (Å²) in [5.41, 5.74) is 0.738. The smallest absolute Gasteiger partial charge is 0.154 e. The second kappa shape index (κ2) is 9.89. The van der Waals surface area contributed by atoms with Crippen molar-refractivity contribution in [1.29, 1.82) is 0 Å². The van der Waals surface area contributed by atoms with Gasteiger partial charge in [-0.25, -0.2) is 8.78 Å². The van der Waals surface area contributed by atoms with Crippen LogP contribution in [0.5, 0.6) is 0 Å². The third kappa shape index (κ3) is 4.90. The Labute approximate surface area is 177 Å². The molecule has 162 valence electrons. The highest BCUT2D eigenvalue weighted by atomic mass is 19.1. The summed E-state index contributed by atoms with van der Waals surface area (Å²) >= 11 is 0. The van der Waals surface area contributed by atoms with E-state index >= 15 is 4.39 Å². The summed E-state index contributed by atoms with van der Waals surface area (Å²) in [5.74, 6) is -0.611. The lowest BCUT2D eigenvalue weighted by Crippen LogP contribution is -2.55. The predicted molar refractivity (Wildman–Crippen MR) is 120 cm³/mol. The quantitative estimate of drug-likeness (QED) is 0.267. The van der Waals surface area contributed by atoms with Crippen molar-refractivity contribution in [1.82, 2.24) is 10.2 Å². The second-order valence-corrected chi connectivity index (χ2v) is 8.05. The fourth-order valence-corrected chi connectivity index (χ4v) is 3.47. The first kappa shape index (κ1) is 23.6. The minimum Gasteiger partial charge on any atom is -0.341 e. The molecule has 0 atom stereocenters. The summed E-state index contributed by atoms with van der Waals surface area (Å²) in [6.45, 7) is 14.8. The lowest BCUT2D eigenvalue weighted by Gasteiger charge is -2.42. The molecule has 0 amide bonds. The molecule has 1 fully saturated rings. The first-order valence-corrected chi connectivity index (χ1v) is 9.95. The van der Waals surface area contributed by atoms with E-state index in [9.17, 15) is 9.30 Å². The number of allylic oxidation sites excluding steroid dienone is 4. The molecule has 1 aliphatic rings. The number of rotatable bonds is 7. The van der Waals surface area contributed by atoms with Gasteiger partial charge in [0.25, 0.3) is 0 Å². The van der Waals surface area contributed by atoms with E-state index in [-0.39, 0.29) is 28.4 Å². The van der Waals surface area contributed by atoms with Crippen molar-refractivity contribution in [2.75, 3.05) is 20.1 Å². The molecule has 1 N–H and O–H groups in total. The molecule has 1 aliphatic heterocycles. The monoisotopic (exact) mass is 416 g/mol. The van der Waals surface area contributed by atoms with Crippen LogP contribution >= 0.6 is 0 Å². The molecular weight excluding hydrogens is 386 g/mol. The fraction of sp³-hybridized carbons (Fsp3) is 0.435. The van der Waals surface area contributed by atoms with Gasteiger partial charge in [0.05, 0.1) is 5.70 Å². The summed E-state index contributed by atoms with van der Waals surface area (Å²) < 4.78 is 30.4. The standard InChI is InChI=1S/C23H30F2N4O/c1-13(2)19(20-17(24)9-8-10-18(20)28-30)21(25)22(14(3)4)27-23(26-7)16-11-29(12-16)15(5)6/h8-10,15-16H,3,11-12H2,1-2,4-7H3,(H,26,27)/b22-21-. The zero-order valence-electron chi connectivity index (χ0n) is 18.5. The molecule has 7 heteroatoms. The summed E-state index contributed by atoms with van der Waals surface area (Å²) in [4.78, 5) is 17.9. The van der Waals surface area contributed by atoms with Crippen LogP contribution in [0.25, 0.3) is 5.57 Å². The van der Waals surface area contributed by atoms with Crippen molar-refractivity contribution in [3.8, 4) is 0 Å². The Morgan fingerprint density at radius 3 is 2.37 bits per heavy atom. The molecule has 5 nitrogen and oxygen atoms in total. The average Bonchev–Trinajstić information content (AvgIpc) is 2.63. The number of halogens is 2. The van der Waals surface area contributed by atoms with E-state index in [1.54, 1.807) is 27.8 Å². The molecule has 0 saturated carbocycles. The van der Waals surface area contributed by atoms with E-state index in [2.05, 4.69) is 40.8 Å². The zero-order valence-corrected chi connectivity index (χ0v) is 18.5. The Morgan fingerprint density at radius 1 is 1.27 bits per heavy atom. The predicted octanol–water partition coefficient (Wildman–Crippen LogP) is 5.73. The van der Waals surface area contributed by atoms with Gasteiger partial charge in [-0.1, -0.05) is 18.2 Å². The van der Waals surface area contributed by atoms with E-state index < -0.39 is 11.6 Å². The largest absolute Gasteiger partial charge is 0.341 e. The van der Waals surface area contributed by atoms with E-state index in [4.69, 9.17) is 0 Å². The van der Waals surface area contributed by atoms with Gasteiger partial charge in [0.2, 0.25) is 0 Å². The molecule has 0 unspecified atom stereocenters. The molecule has 1 heterocycles. The molecule has 1 saturated heterocycles. The number of hydrogen-bond donors (Lipinski definition) is 1. The Balaban J connectivity index is 2.50. The van der Waals surface area contributed by atoms with E-state index in [0.29, 0.717) is 23.0 Å². The maximum Gasteiger partial charge on any atom is 0.154 e. The maximum absolute atomic E-state index is 15.8. The number of aliphatic imine (C=N–C) groups is 1. The van der Waals surface area contributed by atoms with Crippen molar-refractivity contribution in [2.24, 2.45) is 16.1 Å². The molecular formula is C23H30F2N4O. The van der Waals surface area contributed by atoms with Gasteiger partial charge in [-0.2, -0.15) is 0 Å². The third-order valence-electron chi connectivity index (χ3n) is 5.23. The van der Waals surface area contributed by atoms with Crippen LogP contribution < -0.4 is 5.32 Å². The fourth-order valence-electron chi connectivity index (χ4n) is 3.47. The van der Waals surface area contributed by atoms with Crippen molar-refractivity contribution in [3.05, 3.63) is 63.7 Å². The number of nitrogens with one attached hydrogen (secondary N) is 1. The van der Waals surface area contributed by atoms with Crippen molar-refractivity contribution in [2.45, 2.75) is 40.7 Å². The average molecular weight is 417 g/mol. The van der Waals surface area contributed by atoms with Crippen LogP contribution in [-0.4, -0.2) is 36.9 Å². The van der Waals surface area contributed by atoms with Crippen LogP contribution in [0.1, 0.15) is 40.2 Å². The third-order valence-corrected chi connectivity index (χ3v) is 5.23. The van der Waals surface area contributed by atoms with Gasteiger partial charge in [-0.05, 0) is 57.5 Å². The van der Waals surface area contributed by atoms with Crippen LogP contribution in [-0.2, 0) is 0 Å². The molecule has 0 spiro atoms. The van der Waals surface area contributed by atoms with Crippen LogP contribution in [0.4, 0.5) is 14.5 Å². The van der Waals surface area contributed by atoms with Gasteiger partial charge in [0.15, 0.2) is 5.83 Å². The van der Waals surface area contributed by atoms with Gasteiger partial charge < -0.3 is 5.32 Å². The minimum atomic E-state index is -0.713. The Kier molecular flexibility index (Phi) is 7.78. The van der Waals surface area contributed by atoms with Crippen molar-refractivity contribution >= 4 is 17.1 Å². The van der Waals surface area contributed by atoms with E-state index in [0.717, 1.165) is 13.1 Å². The van der Waals surface area contributed by atoms with Crippen LogP contribution in [0, 0.1) is 16.6 Å². The summed E-state index contributed by atoms with van der Waals surface area (Å²) in [6, 6.07) is 4.35. The molecule has 0 radical (unpaired) electrons. The summed E-state index contributed by atoms with van der Waals surface area (Å²) in [5, 5.41) is 5.98. The first-order chi connectivity index (χ1) is 14.1. The minimum absolute atomic E-state index is 0.0129. The molecule has 0 aromatic heterocycles. The van der Waals surface area contributed by atoms with E-state index in [1.165, 1.54) is 18.2 Å². The maximum atomic E-state index is 15.8. The molecule has 0 aliphatic carbocycles. The molecule has 1 aromatic rings. The second-order valence-electron chi connectivity index (χ2n) is 8.05. The highest BCUT2D eigenvalue weighted by Gasteiger charge is 2.33. The molecule has 0 bridgehead atoms. The van der Waals surface area contributed by atoms with E-state index in [1.807, 2.05) is 0 Å². The van der Waals surface area contributed by atoms with Crippen LogP contribution in [0.15, 0.2) is 57.6 Å². The number of likely N-dealkylation sites (tertiary alicyclic amines) is 1. The summed E-state index contributed by atoms with van der Waals surface area (Å²) in [6.07, 6.45) is 0. The number of amidine groups is 1.